The lowest BCUT2D eigenvalue weighted by Gasteiger charge is -2.14. The van der Waals surface area contributed by atoms with Crippen molar-refractivity contribution in [3.8, 4) is 0 Å². The van der Waals surface area contributed by atoms with Crippen molar-refractivity contribution in [3.63, 3.8) is 0 Å². The Kier molecular flexibility index (Phi) is 5.67. The zero-order valence-corrected chi connectivity index (χ0v) is 10.3. The quantitative estimate of drug-likeness (QED) is 0.611. The van der Waals surface area contributed by atoms with Crippen LogP contribution in [0.1, 0.15) is 24.9 Å². The molecule has 96 valence electrons. The van der Waals surface area contributed by atoms with E-state index in [1.807, 2.05) is 0 Å². The number of hydrogen-bond donors (Lipinski definition) is 2. The van der Waals surface area contributed by atoms with E-state index in [-0.39, 0.29) is 11.8 Å². The van der Waals surface area contributed by atoms with Crippen molar-refractivity contribution in [3.05, 3.63) is 35.4 Å². The van der Waals surface area contributed by atoms with E-state index in [4.69, 9.17) is 4.55 Å². The maximum atomic E-state index is 12.9. The highest BCUT2D eigenvalue weighted by Crippen LogP contribution is 2.15. The van der Waals surface area contributed by atoms with Gasteiger partial charge in [0.15, 0.2) is 11.1 Å². The average Bonchev–Trinajstić information content (AvgIpc) is 2.22. The van der Waals surface area contributed by atoms with Gasteiger partial charge in [-0.3, -0.25) is 0 Å². The van der Waals surface area contributed by atoms with Crippen LogP contribution in [0.4, 0.5) is 8.78 Å². The van der Waals surface area contributed by atoms with Gasteiger partial charge >= 0.3 is 0 Å². The first-order valence-corrected chi connectivity index (χ1v) is 6.53. The fraction of sp³-hybridized carbons (Fsp3) is 0.455. The van der Waals surface area contributed by atoms with Gasteiger partial charge in [-0.15, -0.1) is 0 Å². The smallest absolute Gasteiger partial charge is 0.152 e. The van der Waals surface area contributed by atoms with Crippen LogP contribution in [-0.4, -0.2) is 21.1 Å². The molecule has 0 aromatic heterocycles. The first-order valence-electron chi connectivity index (χ1n) is 5.26. The van der Waals surface area contributed by atoms with E-state index >= 15 is 0 Å². The van der Waals surface area contributed by atoms with Gasteiger partial charge in [0, 0.05) is 12.1 Å². The fourth-order valence-corrected chi connectivity index (χ4v) is 1.85. The molecule has 0 fully saturated rings. The van der Waals surface area contributed by atoms with E-state index in [0.717, 1.165) is 6.07 Å². The van der Waals surface area contributed by atoms with Gasteiger partial charge in [-0.1, -0.05) is 0 Å². The van der Waals surface area contributed by atoms with Crippen LogP contribution in [-0.2, 0) is 11.1 Å². The fourth-order valence-electron chi connectivity index (χ4n) is 1.46. The number of hydrogen-bond acceptors (Lipinski definition) is 2. The molecule has 0 aliphatic rings. The molecule has 1 aromatic carbocycles. The number of benzene rings is 1. The summed E-state index contributed by atoms with van der Waals surface area (Å²) < 4.78 is 44.8. The minimum Gasteiger partial charge on any atom is -0.310 e. The first kappa shape index (κ1) is 14.2. The van der Waals surface area contributed by atoms with Gasteiger partial charge in [-0.25, -0.2) is 13.0 Å². The summed E-state index contributed by atoms with van der Waals surface area (Å²) in [5.74, 6) is -1.02. The van der Waals surface area contributed by atoms with E-state index < -0.39 is 22.7 Å². The highest BCUT2D eigenvalue weighted by molar-refractivity contribution is 7.79. The minimum absolute atomic E-state index is 0.192. The molecule has 2 N–H and O–H groups in total. The van der Waals surface area contributed by atoms with E-state index in [1.165, 1.54) is 12.1 Å². The summed E-state index contributed by atoms with van der Waals surface area (Å²) in [6.07, 6.45) is 0.533. The molecule has 0 amide bonds. The standard InChI is InChI=1S/C11H15F2NO2S/c1-8(14-3-2-4-17(15)16)9-5-10(12)7-11(13)6-9/h5-8,14H,2-4H2,1H3,(H,15,16). The van der Waals surface area contributed by atoms with Crippen molar-refractivity contribution < 1.29 is 17.5 Å². The molecule has 2 unspecified atom stereocenters. The summed E-state index contributed by atoms with van der Waals surface area (Å²) in [4.78, 5) is 0. The molecule has 0 heterocycles. The Labute approximate surface area is 102 Å². The van der Waals surface area contributed by atoms with Crippen molar-refractivity contribution in [1.82, 2.24) is 5.32 Å². The lowest BCUT2D eigenvalue weighted by molar-refractivity contribution is 0.536. The second-order valence-corrected chi connectivity index (χ2v) is 4.81. The van der Waals surface area contributed by atoms with Gasteiger partial charge in [-0.2, -0.15) is 0 Å². The van der Waals surface area contributed by atoms with Crippen molar-refractivity contribution in [2.75, 3.05) is 12.3 Å². The zero-order valence-electron chi connectivity index (χ0n) is 9.45. The van der Waals surface area contributed by atoms with Crippen molar-refractivity contribution in [2.45, 2.75) is 19.4 Å². The van der Waals surface area contributed by atoms with Crippen molar-refractivity contribution >= 4 is 11.1 Å². The SMILES string of the molecule is CC(NCCCS(=O)O)c1cc(F)cc(F)c1. The maximum Gasteiger partial charge on any atom is 0.152 e. The Balaban J connectivity index is 2.46. The molecule has 0 saturated carbocycles. The van der Waals surface area contributed by atoms with E-state index in [1.54, 1.807) is 6.92 Å². The molecule has 3 nitrogen and oxygen atoms in total. The van der Waals surface area contributed by atoms with Crippen LogP contribution in [0.15, 0.2) is 18.2 Å². The van der Waals surface area contributed by atoms with Gasteiger partial charge < -0.3 is 9.87 Å². The van der Waals surface area contributed by atoms with Gasteiger partial charge in [0.2, 0.25) is 0 Å². The van der Waals surface area contributed by atoms with Crippen molar-refractivity contribution in [1.29, 1.82) is 0 Å². The monoisotopic (exact) mass is 263 g/mol. The van der Waals surface area contributed by atoms with Crippen LogP contribution in [0.3, 0.4) is 0 Å². The normalized spacial score (nSPS) is 14.6. The minimum atomic E-state index is -1.79. The lowest BCUT2D eigenvalue weighted by Crippen LogP contribution is -2.21. The number of nitrogens with one attached hydrogen (secondary N) is 1. The Morgan fingerprint density at radius 3 is 2.47 bits per heavy atom. The number of halogens is 2. The highest BCUT2D eigenvalue weighted by atomic mass is 32.2. The van der Waals surface area contributed by atoms with E-state index in [2.05, 4.69) is 5.32 Å². The maximum absolute atomic E-state index is 12.9. The van der Waals surface area contributed by atoms with Crippen molar-refractivity contribution in [2.24, 2.45) is 0 Å². The molecule has 0 saturated heterocycles. The predicted molar refractivity (Wildman–Crippen MR) is 63.0 cm³/mol. The molecule has 0 aliphatic heterocycles. The van der Waals surface area contributed by atoms with E-state index in [0.29, 0.717) is 18.5 Å². The van der Waals surface area contributed by atoms with Gasteiger partial charge in [0.25, 0.3) is 0 Å². The third-order valence-corrected chi connectivity index (χ3v) is 2.97. The molecule has 0 aliphatic carbocycles. The Hall–Kier alpha value is -0.850. The summed E-state index contributed by atoms with van der Waals surface area (Å²) in [5.41, 5.74) is 0.521. The van der Waals surface area contributed by atoms with Crippen LogP contribution >= 0.6 is 0 Å². The summed E-state index contributed by atoms with van der Waals surface area (Å²) in [7, 11) is 0. The topological polar surface area (TPSA) is 49.3 Å². The molecule has 0 bridgehead atoms. The second-order valence-electron chi connectivity index (χ2n) is 3.76. The molecular formula is C11H15F2NO2S. The van der Waals surface area contributed by atoms with Crippen LogP contribution in [0.2, 0.25) is 0 Å². The largest absolute Gasteiger partial charge is 0.310 e. The third-order valence-electron chi connectivity index (χ3n) is 2.33. The zero-order chi connectivity index (χ0) is 12.8. The summed E-state index contributed by atoms with van der Waals surface area (Å²) in [5, 5.41) is 3.03. The highest BCUT2D eigenvalue weighted by Gasteiger charge is 2.08. The first-order chi connectivity index (χ1) is 7.99. The Bertz CT molecular complexity index is 381. The third kappa shape index (κ3) is 5.34. The van der Waals surface area contributed by atoms with Crippen LogP contribution in [0, 0.1) is 11.6 Å². The summed E-state index contributed by atoms with van der Waals surface area (Å²) >= 11 is -1.79. The molecule has 17 heavy (non-hydrogen) atoms. The van der Waals surface area contributed by atoms with Gasteiger partial charge in [0.05, 0.1) is 5.75 Å². The molecule has 0 radical (unpaired) electrons. The van der Waals surface area contributed by atoms with Crippen LogP contribution < -0.4 is 5.32 Å². The Morgan fingerprint density at radius 1 is 1.35 bits per heavy atom. The van der Waals surface area contributed by atoms with Crippen LogP contribution in [0.25, 0.3) is 0 Å². The Morgan fingerprint density at radius 2 is 1.94 bits per heavy atom. The van der Waals surface area contributed by atoms with Gasteiger partial charge in [-0.05, 0) is 37.6 Å². The summed E-state index contributed by atoms with van der Waals surface area (Å²) in [6.45, 7) is 2.30. The summed E-state index contributed by atoms with van der Waals surface area (Å²) in [6, 6.07) is 3.16. The predicted octanol–water partition coefficient (Wildman–Crippen LogP) is 2.23. The van der Waals surface area contributed by atoms with Gasteiger partial charge in [0.1, 0.15) is 11.6 Å². The second kappa shape index (κ2) is 6.78. The van der Waals surface area contributed by atoms with Crippen LogP contribution in [0.5, 0.6) is 0 Å². The molecule has 2 atom stereocenters. The molecule has 1 aromatic rings. The molecule has 1 rings (SSSR count). The lowest BCUT2D eigenvalue weighted by atomic mass is 10.1. The molecule has 6 heteroatoms. The molecule has 0 spiro atoms. The van der Waals surface area contributed by atoms with E-state index in [9.17, 15) is 13.0 Å². The number of rotatable bonds is 6. The molecular weight excluding hydrogens is 248 g/mol. The average molecular weight is 263 g/mol.